The number of ether oxygens (including phenoxy) is 3. The zero-order chi connectivity index (χ0) is 20.7. The van der Waals surface area contributed by atoms with Gasteiger partial charge in [0.2, 0.25) is 15.9 Å². The van der Waals surface area contributed by atoms with Crippen LogP contribution in [0.3, 0.4) is 0 Å². The lowest BCUT2D eigenvalue weighted by Gasteiger charge is -2.18. The Kier molecular flexibility index (Phi) is 7.24. The summed E-state index contributed by atoms with van der Waals surface area (Å²) >= 11 is 0. The van der Waals surface area contributed by atoms with Crippen molar-refractivity contribution >= 4 is 21.6 Å². The van der Waals surface area contributed by atoms with Gasteiger partial charge in [-0.3, -0.25) is 4.79 Å². The minimum atomic E-state index is -3.89. The Bertz CT molecular complexity index is 930. The van der Waals surface area contributed by atoms with E-state index < -0.39 is 15.9 Å². The van der Waals surface area contributed by atoms with Crippen LogP contribution in [0, 0.1) is 0 Å². The van der Waals surface area contributed by atoms with E-state index in [1.807, 2.05) is 6.92 Å². The van der Waals surface area contributed by atoms with E-state index in [-0.39, 0.29) is 17.2 Å². The van der Waals surface area contributed by atoms with Gasteiger partial charge in [-0.15, -0.1) is 0 Å². The topological polar surface area (TPSA) is 94.2 Å². The third-order valence-electron chi connectivity index (χ3n) is 3.86. The number of benzene rings is 2. The molecular weight excluding hydrogens is 384 g/mol. The summed E-state index contributed by atoms with van der Waals surface area (Å²) in [7, 11) is 0.327. The molecule has 0 aliphatic heterocycles. The molecule has 0 aliphatic carbocycles. The summed E-state index contributed by atoms with van der Waals surface area (Å²) in [5.41, 5.74) is 0.521. The van der Waals surface area contributed by atoms with Gasteiger partial charge in [-0.2, -0.15) is 4.31 Å². The average molecular weight is 408 g/mol. The Balaban J connectivity index is 2.11. The number of sulfonamides is 1. The Labute approximate surface area is 165 Å². The summed E-state index contributed by atoms with van der Waals surface area (Å²) in [6, 6.07) is 11.1. The van der Waals surface area contributed by atoms with E-state index in [0.29, 0.717) is 23.8 Å². The molecule has 152 valence electrons. The van der Waals surface area contributed by atoms with Crippen LogP contribution in [0.5, 0.6) is 17.2 Å². The molecule has 0 saturated carbocycles. The van der Waals surface area contributed by atoms with Crippen molar-refractivity contribution < 1.29 is 27.4 Å². The Morgan fingerprint density at radius 2 is 1.79 bits per heavy atom. The molecule has 2 rings (SSSR count). The first-order chi connectivity index (χ1) is 13.3. The first-order valence-electron chi connectivity index (χ1n) is 8.53. The fraction of sp³-hybridized carbons (Fsp3) is 0.316. The zero-order valence-corrected chi connectivity index (χ0v) is 17.1. The highest BCUT2D eigenvalue weighted by Crippen LogP contribution is 2.30. The lowest BCUT2D eigenvalue weighted by atomic mass is 10.3. The molecule has 1 N–H and O–H groups in total. The molecule has 0 atom stereocenters. The van der Waals surface area contributed by atoms with Crippen LogP contribution in [0.15, 0.2) is 47.4 Å². The monoisotopic (exact) mass is 408 g/mol. The van der Waals surface area contributed by atoms with Gasteiger partial charge in [0.1, 0.15) is 5.75 Å². The number of carbonyl (C=O) groups excluding carboxylic acids is 1. The largest absolute Gasteiger partial charge is 0.494 e. The number of likely N-dealkylation sites (N-methyl/N-ethyl adjacent to an activating group) is 1. The molecule has 0 heterocycles. The Morgan fingerprint density at radius 1 is 1.07 bits per heavy atom. The maximum absolute atomic E-state index is 12.8. The predicted molar refractivity (Wildman–Crippen MR) is 106 cm³/mol. The van der Waals surface area contributed by atoms with Crippen molar-refractivity contribution in [1.82, 2.24) is 4.31 Å². The summed E-state index contributed by atoms with van der Waals surface area (Å²) in [6.07, 6.45) is 0. The first-order valence-corrected chi connectivity index (χ1v) is 9.97. The van der Waals surface area contributed by atoms with Gasteiger partial charge in [0.05, 0.1) is 32.3 Å². The summed E-state index contributed by atoms with van der Waals surface area (Å²) in [6.45, 7) is 2.01. The molecule has 0 bridgehead atoms. The number of hydrogen-bond acceptors (Lipinski definition) is 6. The lowest BCUT2D eigenvalue weighted by Crippen LogP contribution is -2.35. The van der Waals surface area contributed by atoms with E-state index in [1.165, 1.54) is 39.5 Å². The minimum Gasteiger partial charge on any atom is -0.494 e. The van der Waals surface area contributed by atoms with Gasteiger partial charge in [-0.05, 0) is 31.2 Å². The number of carbonyl (C=O) groups is 1. The van der Waals surface area contributed by atoms with Crippen molar-refractivity contribution in [1.29, 1.82) is 0 Å². The number of methoxy groups -OCH3 is 2. The van der Waals surface area contributed by atoms with Crippen LogP contribution in [-0.4, -0.2) is 53.0 Å². The third kappa shape index (κ3) is 5.14. The number of hydrogen-bond donors (Lipinski definition) is 1. The van der Waals surface area contributed by atoms with E-state index >= 15 is 0 Å². The molecule has 0 spiro atoms. The van der Waals surface area contributed by atoms with Gasteiger partial charge in [0.15, 0.2) is 11.5 Å². The molecule has 0 radical (unpaired) electrons. The predicted octanol–water partition coefficient (Wildman–Crippen LogP) is 2.36. The SMILES string of the molecule is CCOc1cccc(NC(=O)CN(C)S(=O)(=O)c2ccc(OC)c(OC)c2)c1. The van der Waals surface area contributed by atoms with Crippen molar-refractivity contribution in [2.45, 2.75) is 11.8 Å². The van der Waals surface area contributed by atoms with Crippen molar-refractivity contribution in [3.05, 3.63) is 42.5 Å². The maximum atomic E-state index is 12.8. The fourth-order valence-corrected chi connectivity index (χ4v) is 3.62. The molecule has 0 aromatic heterocycles. The molecule has 8 nitrogen and oxygen atoms in total. The molecule has 0 fully saturated rings. The molecule has 1 amide bonds. The second-order valence-electron chi connectivity index (χ2n) is 5.79. The smallest absolute Gasteiger partial charge is 0.243 e. The van der Waals surface area contributed by atoms with Crippen LogP contribution in [-0.2, 0) is 14.8 Å². The summed E-state index contributed by atoms with van der Waals surface area (Å²) in [5.74, 6) is 0.844. The van der Waals surface area contributed by atoms with E-state index in [4.69, 9.17) is 14.2 Å². The van der Waals surface area contributed by atoms with Crippen molar-refractivity contribution in [3.63, 3.8) is 0 Å². The van der Waals surface area contributed by atoms with Gasteiger partial charge >= 0.3 is 0 Å². The van der Waals surface area contributed by atoms with Gasteiger partial charge < -0.3 is 19.5 Å². The Hall–Kier alpha value is -2.78. The summed E-state index contributed by atoms with van der Waals surface area (Å²) in [4.78, 5) is 12.3. The van der Waals surface area contributed by atoms with Crippen LogP contribution in [0.25, 0.3) is 0 Å². The minimum absolute atomic E-state index is 0.00112. The standard InChI is InChI=1S/C19H24N2O6S/c1-5-27-15-8-6-7-14(11-15)20-19(22)13-21(2)28(23,24)16-9-10-17(25-3)18(12-16)26-4/h6-12H,5,13H2,1-4H3,(H,20,22). The average Bonchev–Trinajstić information content (AvgIpc) is 2.67. The van der Waals surface area contributed by atoms with Gasteiger partial charge in [0.25, 0.3) is 0 Å². The summed E-state index contributed by atoms with van der Waals surface area (Å²) in [5, 5.41) is 2.67. The van der Waals surface area contributed by atoms with E-state index in [9.17, 15) is 13.2 Å². The quantitative estimate of drug-likeness (QED) is 0.685. The summed E-state index contributed by atoms with van der Waals surface area (Å²) < 4.78 is 42.1. The van der Waals surface area contributed by atoms with E-state index in [1.54, 1.807) is 24.3 Å². The molecular formula is C19H24N2O6S. The molecule has 9 heteroatoms. The zero-order valence-electron chi connectivity index (χ0n) is 16.3. The van der Waals surface area contributed by atoms with Crippen LogP contribution in [0.4, 0.5) is 5.69 Å². The van der Waals surface area contributed by atoms with Gasteiger partial charge in [-0.1, -0.05) is 6.07 Å². The number of anilines is 1. The van der Waals surface area contributed by atoms with Crippen LogP contribution in [0.2, 0.25) is 0 Å². The van der Waals surface area contributed by atoms with E-state index in [0.717, 1.165) is 4.31 Å². The fourth-order valence-electron chi connectivity index (χ4n) is 2.47. The first kappa shape index (κ1) is 21.5. The van der Waals surface area contributed by atoms with Crippen molar-refractivity contribution in [2.24, 2.45) is 0 Å². The van der Waals surface area contributed by atoms with E-state index in [2.05, 4.69) is 5.32 Å². The number of amides is 1. The highest BCUT2D eigenvalue weighted by molar-refractivity contribution is 7.89. The molecule has 0 unspecified atom stereocenters. The molecule has 0 aliphatic rings. The van der Waals surface area contributed by atoms with Crippen molar-refractivity contribution in [3.8, 4) is 17.2 Å². The second kappa shape index (κ2) is 9.43. The van der Waals surface area contributed by atoms with Crippen LogP contribution in [0.1, 0.15) is 6.92 Å². The normalized spacial score (nSPS) is 11.2. The Morgan fingerprint density at radius 3 is 2.43 bits per heavy atom. The van der Waals surface area contributed by atoms with Crippen LogP contribution < -0.4 is 19.5 Å². The third-order valence-corrected chi connectivity index (χ3v) is 5.66. The number of nitrogens with one attached hydrogen (secondary N) is 1. The molecule has 2 aromatic carbocycles. The molecule has 28 heavy (non-hydrogen) atoms. The molecule has 2 aromatic rings. The molecule has 0 saturated heterocycles. The van der Waals surface area contributed by atoms with Gasteiger partial charge in [0, 0.05) is 24.9 Å². The second-order valence-corrected chi connectivity index (χ2v) is 7.83. The van der Waals surface area contributed by atoms with Crippen LogP contribution >= 0.6 is 0 Å². The lowest BCUT2D eigenvalue weighted by molar-refractivity contribution is -0.116. The van der Waals surface area contributed by atoms with Gasteiger partial charge in [-0.25, -0.2) is 8.42 Å². The van der Waals surface area contributed by atoms with Crippen molar-refractivity contribution in [2.75, 3.05) is 39.7 Å². The highest BCUT2D eigenvalue weighted by Gasteiger charge is 2.24. The number of rotatable bonds is 9. The maximum Gasteiger partial charge on any atom is 0.243 e. The number of nitrogens with zero attached hydrogens (tertiary/aromatic N) is 1. The highest BCUT2D eigenvalue weighted by atomic mass is 32.2.